The van der Waals surface area contributed by atoms with Crippen molar-refractivity contribution in [3.8, 4) is 11.5 Å². The fraction of sp³-hybridized carbons (Fsp3) is 0.409. The highest BCUT2D eigenvalue weighted by Gasteiger charge is 2.30. The van der Waals surface area contributed by atoms with Gasteiger partial charge in [0.15, 0.2) is 11.5 Å². The Hall–Kier alpha value is -2.62. The molecule has 0 radical (unpaired) electrons. The van der Waals surface area contributed by atoms with E-state index in [0.717, 1.165) is 16.7 Å². The Balaban J connectivity index is 1.94. The molecule has 9 heteroatoms. The summed E-state index contributed by atoms with van der Waals surface area (Å²) in [6.45, 7) is 5.46. The molecule has 0 saturated carbocycles. The van der Waals surface area contributed by atoms with E-state index in [4.69, 9.17) is 14.2 Å². The first kappa shape index (κ1) is 23.1. The van der Waals surface area contributed by atoms with Crippen molar-refractivity contribution in [2.75, 3.05) is 40.5 Å². The van der Waals surface area contributed by atoms with E-state index in [2.05, 4.69) is 5.32 Å². The molecule has 0 unspecified atom stereocenters. The summed E-state index contributed by atoms with van der Waals surface area (Å²) in [5.41, 5.74) is 3.27. The van der Waals surface area contributed by atoms with Gasteiger partial charge in [-0.05, 0) is 31.0 Å². The van der Waals surface area contributed by atoms with Crippen molar-refractivity contribution in [1.29, 1.82) is 0 Å². The molecule has 0 spiro atoms. The second-order valence-corrected chi connectivity index (χ2v) is 9.27. The van der Waals surface area contributed by atoms with Crippen LogP contribution in [-0.4, -0.2) is 59.2 Å². The summed E-state index contributed by atoms with van der Waals surface area (Å²) in [5.74, 6) is -0.0933. The number of nitrogens with one attached hydrogen (secondary N) is 1. The van der Waals surface area contributed by atoms with Gasteiger partial charge in [0.1, 0.15) is 0 Å². The number of morpholine rings is 1. The second kappa shape index (κ2) is 9.67. The first-order valence-corrected chi connectivity index (χ1v) is 11.4. The van der Waals surface area contributed by atoms with Gasteiger partial charge in [-0.25, -0.2) is 8.42 Å². The molecule has 1 heterocycles. The van der Waals surface area contributed by atoms with Crippen LogP contribution in [0.4, 0.5) is 0 Å². The fourth-order valence-corrected chi connectivity index (χ4v) is 4.96. The number of carbonyl (C=O) groups excluding carboxylic acids is 1. The van der Waals surface area contributed by atoms with E-state index in [1.165, 1.54) is 30.7 Å². The first-order chi connectivity index (χ1) is 14.8. The minimum Gasteiger partial charge on any atom is -0.493 e. The van der Waals surface area contributed by atoms with Gasteiger partial charge in [0, 0.05) is 25.7 Å². The number of nitrogens with zero attached hydrogens (tertiary/aromatic N) is 1. The predicted molar refractivity (Wildman–Crippen MR) is 116 cm³/mol. The maximum absolute atomic E-state index is 13.1. The van der Waals surface area contributed by atoms with E-state index in [-0.39, 0.29) is 35.0 Å². The maximum Gasteiger partial charge on any atom is 0.255 e. The summed E-state index contributed by atoms with van der Waals surface area (Å²) < 4.78 is 43.6. The largest absolute Gasteiger partial charge is 0.493 e. The summed E-state index contributed by atoms with van der Waals surface area (Å²) in [6, 6.07) is 8.70. The number of carbonyl (C=O) groups is 1. The third-order valence-corrected chi connectivity index (χ3v) is 7.12. The molecule has 1 amide bonds. The van der Waals surface area contributed by atoms with E-state index in [1.54, 1.807) is 0 Å². The number of amides is 1. The zero-order valence-corrected chi connectivity index (χ0v) is 19.0. The zero-order valence-electron chi connectivity index (χ0n) is 18.2. The van der Waals surface area contributed by atoms with Gasteiger partial charge in [0.05, 0.1) is 37.9 Å². The highest BCUT2D eigenvalue weighted by Crippen LogP contribution is 2.35. The summed E-state index contributed by atoms with van der Waals surface area (Å²) in [7, 11) is -1.00. The Kier molecular flexibility index (Phi) is 7.19. The number of benzene rings is 2. The molecule has 1 aliphatic rings. The van der Waals surface area contributed by atoms with Crippen LogP contribution in [0, 0.1) is 13.8 Å². The molecule has 0 aliphatic carbocycles. The molecule has 3 rings (SSSR count). The Morgan fingerprint density at radius 1 is 1.10 bits per heavy atom. The quantitative estimate of drug-likeness (QED) is 0.698. The first-order valence-electron chi connectivity index (χ1n) is 9.96. The van der Waals surface area contributed by atoms with Crippen LogP contribution >= 0.6 is 0 Å². The van der Waals surface area contributed by atoms with Gasteiger partial charge >= 0.3 is 0 Å². The monoisotopic (exact) mass is 448 g/mol. The highest BCUT2D eigenvalue weighted by molar-refractivity contribution is 7.89. The summed E-state index contributed by atoms with van der Waals surface area (Å²) in [4.78, 5) is 13.0. The third-order valence-electron chi connectivity index (χ3n) is 5.24. The molecule has 1 saturated heterocycles. The van der Waals surface area contributed by atoms with Crippen molar-refractivity contribution in [2.45, 2.75) is 25.3 Å². The minimum absolute atomic E-state index is 0.0243. The lowest BCUT2D eigenvalue weighted by Crippen LogP contribution is -2.40. The van der Waals surface area contributed by atoms with Gasteiger partial charge in [0.25, 0.3) is 5.91 Å². The highest BCUT2D eigenvalue weighted by atomic mass is 32.2. The topological polar surface area (TPSA) is 94.2 Å². The maximum atomic E-state index is 13.1. The lowest BCUT2D eigenvalue weighted by molar-refractivity contribution is 0.0730. The molecule has 168 valence electrons. The van der Waals surface area contributed by atoms with Crippen LogP contribution in [0.1, 0.15) is 27.0 Å². The van der Waals surface area contributed by atoms with Gasteiger partial charge in [-0.1, -0.05) is 23.8 Å². The second-order valence-electron chi connectivity index (χ2n) is 7.34. The Morgan fingerprint density at radius 3 is 2.42 bits per heavy atom. The fourth-order valence-electron chi connectivity index (χ4n) is 3.51. The van der Waals surface area contributed by atoms with Crippen LogP contribution in [0.5, 0.6) is 11.5 Å². The Labute approximate surface area is 183 Å². The smallest absolute Gasteiger partial charge is 0.255 e. The van der Waals surface area contributed by atoms with Crippen molar-refractivity contribution in [3.05, 3.63) is 52.6 Å². The molecule has 0 atom stereocenters. The van der Waals surface area contributed by atoms with E-state index < -0.39 is 15.9 Å². The van der Waals surface area contributed by atoms with Crippen LogP contribution in [0.2, 0.25) is 0 Å². The van der Waals surface area contributed by atoms with Gasteiger partial charge in [-0.2, -0.15) is 4.31 Å². The molecule has 1 N–H and O–H groups in total. The van der Waals surface area contributed by atoms with E-state index in [1.807, 2.05) is 32.0 Å². The average molecular weight is 449 g/mol. The van der Waals surface area contributed by atoms with Gasteiger partial charge in [0.2, 0.25) is 10.0 Å². The average Bonchev–Trinajstić information content (AvgIpc) is 2.77. The molecule has 1 aliphatic heterocycles. The standard InChI is InChI=1S/C22H28N2O6S/c1-15-5-6-17(16(2)11-15)14-23-22(25)19-12-18(13-20(28-3)21(19)29-4)31(26,27)24-7-9-30-10-8-24/h5-6,11-13H,7-10,14H2,1-4H3,(H,23,25). The number of sulfonamides is 1. The van der Waals surface area contributed by atoms with Gasteiger partial charge < -0.3 is 19.5 Å². The molecule has 31 heavy (non-hydrogen) atoms. The number of ether oxygens (including phenoxy) is 3. The molecule has 0 bridgehead atoms. The third kappa shape index (κ3) is 5.00. The van der Waals surface area contributed by atoms with Crippen molar-refractivity contribution in [3.63, 3.8) is 0 Å². The molecule has 0 aromatic heterocycles. The normalized spacial score (nSPS) is 14.8. The molecule has 8 nitrogen and oxygen atoms in total. The number of hydrogen-bond donors (Lipinski definition) is 1. The van der Waals surface area contributed by atoms with Crippen LogP contribution in [0.25, 0.3) is 0 Å². The van der Waals surface area contributed by atoms with Gasteiger partial charge in [-0.3, -0.25) is 4.79 Å². The SMILES string of the molecule is COc1cc(S(=O)(=O)N2CCOCC2)cc(C(=O)NCc2ccc(C)cc2C)c1OC. The number of aryl methyl sites for hydroxylation is 2. The minimum atomic E-state index is -3.82. The molecule has 2 aromatic carbocycles. The van der Waals surface area contributed by atoms with Crippen LogP contribution in [0.15, 0.2) is 35.2 Å². The van der Waals surface area contributed by atoms with E-state index in [0.29, 0.717) is 19.8 Å². The Morgan fingerprint density at radius 2 is 1.81 bits per heavy atom. The summed E-state index contributed by atoms with van der Waals surface area (Å²) >= 11 is 0. The van der Waals surface area contributed by atoms with Crippen molar-refractivity contribution in [1.82, 2.24) is 9.62 Å². The zero-order chi connectivity index (χ0) is 22.6. The van der Waals surface area contributed by atoms with Crippen LogP contribution < -0.4 is 14.8 Å². The number of hydrogen-bond acceptors (Lipinski definition) is 6. The summed E-state index contributed by atoms with van der Waals surface area (Å²) in [5, 5.41) is 2.86. The van der Waals surface area contributed by atoms with E-state index >= 15 is 0 Å². The van der Waals surface area contributed by atoms with Crippen LogP contribution in [0.3, 0.4) is 0 Å². The van der Waals surface area contributed by atoms with Crippen LogP contribution in [-0.2, 0) is 21.3 Å². The van der Waals surface area contributed by atoms with Crippen molar-refractivity contribution >= 4 is 15.9 Å². The van der Waals surface area contributed by atoms with Crippen molar-refractivity contribution < 1.29 is 27.4 Å². The molecule has 2 aromatic rings. The lowest BCUT2D eigenvalue weighted by atomic mass is 10.1. The van der Waals surface area contributed by atoms with Gasteiger partial charge in [-0.15, -0.1) is 0 Å². The van der Waals surface area contributed by atoms with E-state index in [9.17, 15) is 13.2 Å². The summed E-state index contributed by atoms with van der Waals surface area (Å²) in [6.07, 6.45) is 0. The number of methoxy groups -OCH3 is 2. The Bertz CT molecular complexity index is 1060. The lowest BCUT2D eigenvalue weighted by Gasteiger charge is -2.26. The van der Waals surface area contributed by atoms with Crippen molar-refractivity contribution in [2.24, 2.45) is 0 Å². The molecular formula is C22H28N2O6S. The number of rotatable bonds is 7. The molecule has 1 fully saturated rings. The molecular weight excluding hydrogens is 420 g/mol. The predicted octanol–water partition coefficient (Wildman–Crippen LogP) is 2.27.